The van der Waals surface area contributed by atoms with Crippen molar-refractivity contribution in [2.24, 2.45) is 0 Å². The Bertz CT molecular complexity index is 1210. The summed E-state index contributed by atoms with van der Waals surface area (Å²) < 4.78 is 33.4. The average Bonchev–Trinajstić information content (AvgIpc) is 2.69. The first-order chi connectivity index (χ1) is 14.0. The Kier molecular flexibility index (Phi) is 5.60. The number of fused-ring (bicyclic) bond motifs is 1. The Morgan fingerprint density at radius 1 is 1.03 bits per heavy atom. The van der Waals surface area contributed by atoms with Crippen LogP contribution >= 0.6 is 27.5 Å². The number of hydrogen-bond acceptors (Lipinski definition) is 4. The number of halogens is 4. The van der Waals surface area contributed by atoms with Crippen molar-refractivity contribution < 1.29 is 13.5 Å². The molecule has 0 radical (unpaired) electrons. The molecule has 0 spiro atoms. The Morgan fingerprint density at radius 2 is 1.90 bits per heavy atom. The molecule has 0 aliphatic heterocycles. The highest BCUT2D eigenvalue weighted by Gasteiger charge is 2.10. The minimum Gasteiger partial charge on any atom is -0.488 e. The van der Waals surface area contributed by atoms with Crippen LogP contribution in [0.4, 0.5) is 20.3 Å². The number of hydrogen-bond donors (Lipinski definition) is 1. The molecule has 1 aromatic heterocycles. The van der Waals surface area contributed by atoms with E-state index in [-0.39, 0.29) is 17.4 Å². The Labute approximate surface area is 178 Å². The lowest BCUT2D eigenvalue weighted by atomic mass is 10.2. The molecule has 0 amide bonds. The van der Waals surface area contributed by atoms with E-state index < -0.39 is 5.82 Å². The van der Waals surface area contributed by atoms with Gasteiger partial charge in [0.1, 0.15) is 36.1 Å². The monoisotopic (exact) mass is 475 g/mol. The molecule has 1 heterocycles. The Morgan fingerprint density at radius 3 is 2.69 bits per heavy atom. The summed E-state index contributed by atoms with van der Waals surface area (Å²) in [5, 5.41) is 3.77. The number of nitrogens with zero attached hydrogens (tertiary/aromatic N) is 2. The van der Waals surface area contributed by atoms with E-state index in [1.54, 1.807) is 18.2 Å². The minimum atomic E-state index is -0.536. The normalized spacial score (nSPS) is 10.9. The molecule has 146 valence electrons. The second kappa shape index (κ2) is 8.31. The van der Waals surface area contributed by atoms with Crippen LogP contribution in [0.5, 0.6) is 5.75 Å². The van der Waals surface area contributed by atoms with E-state index in [1.807, 2.05) is 12.1 Å². The van der Waals surface area contributed by atoms with Gasteiger partial charge in [-0.1, -0.05) is 23.7 Å². The van der Waals surface area contributed by atoms with Gasteiger partial charge in [-0.25, -0.2) is 18.7 Å². The molecule has 4 rings (SSSR count). The van der Waals surface area contributed by atoms with Gasteiger partial charge in [-0.2, -0.15) is 0 Å². The van der Waals surface area contributed by atoms with E-state index in [0.29, 0.717) is 26.9 Å². The van der Waals surface area contributed by atoms with Crippen LogP contribution in [0.25, 0.3) is 10.9 Å². The first-order valence-electron chi connectivity index (χ1n) is 8.53. The van der Waals surface area contributed by atoms with Crippen LogP contribution in [0.3, 0.4) is 0 Å². The molecule has 8 heteroatoms. The summed E-state index contributed by atoms with van der Waals surface area (Å²) in [5.41, 5.74) is 1.91. The molecular weight excluding hydrogens is 464 g/mol. The van der Waals surface area contributed by atoms with Gasteiger partial charge in [-0.3, -0.25) is 0 Å². The molecule has 0 atom stereocenters. The molecule has 1 N–H and O–H groups in total. The van der Waals surface area contributed by atoms with Crippen molar-refractivity contribution in [2.45, 2.75) is 6.61 Å². The summed E-state index contributed by atoms with van der Waals surface area (Å²) in [6, 6.07) is 14.4. The minimum absolute atomic E-state index is 0.00220. The van der Waals surface area contributed by atoms with Crippen molar-refractivity contribution in [2.75, 3.05) is 5.32 Å². The van der Waals surface area contributed by atoms with E-state index in [2.05, 4.69) is 31.2 Å². The first-order valence-corrected chi connectivity index (χ1v) is 9.70. The smallest absolute Gasteiger partial charge is 0.143 e. The molecule has 0 bridgehead atoms. The van der Waals surface area contributed by atoms with Crippen LogP contribution in [0.15, 0.2) is 65.4 Å². The maximum Gasteiger partial charge on any atom is 0.143 e. The van der Waals surface area contributed by atoms with Crippen LogP contribution in [-0.4, -0.2) is 9.97 Å². The van der Waals surface area contributed by atoms with Gasteiger partial charge >= 0.3 is 0 Å². The number of nitrogens with one attached hydrogen (secondary N) is 1. The molecule has 4 aromatic rings. The van der Waals surface area contributed by atoms with Crippen LogP contribution < -0.4 is 10.1 Å². The predicted molar refractivity (Wildman–Crippen MR) is 113 cm³/mol. The van der Waals surface area contributed by atoms with Gasteiger partial charge in [0.25, 0.3) is 0 Å². The predicted octanol–water partition coefficient (Wildman–Crippen LogP) is 6.65. The number of aromatic nitrogens is 2. The maximum atomic E-state index is 13.7. The van der Waals surface area contributed by atoms with Crippen molar-refractivity contribution in [1.29, 1.82) is 0 Å². The number of anilines is 2. The summed E-state index contributed by atoms with van der Waals surface area (Å²) in [6.07, 6.45) is 1.35. The summed E-state index contributed by atoms with van der Waals surface area (Å²) in [5.74, 6) is 0.267. The molecule has 0 aliphatic carbocycles. The quantitative estimate of drug-likeness (QED) is 0.350. The van der Waals surface area contributed by atoms with Gasteiger partial charge in [-0.15, -0.1) is 0 Å². The first kappa shape index (κ1) is 19.5. The highest BCUT2D eigenvalue weighted by molar-refractivity contribution is 9.10. The molecule has 0 aliphatic rings. The molecule has 0 saturated heterocycles. The second-order valence-electron chi connectivity index (χ2n) is 6.19. The molecule has 29 heavy (non-hydrogen) atoms. The Hall–Kier alpha value is -2.77. The molecule has 4 nitrogen and oxygen atoms in total. The summed E-state index contributed by atoms with van der Waals surface area (Å²) >= 11 is 9.37. The summed E-state index contributed by atoms with van der Waals surface area (Å²) in [4.78, 5) is 8.29. The number of rotatable bonds is 5. The van der Waals surface area contributed by atoms with Crippen LogP contribution in [0.1, 0.15) is 5.56 Å². The SMILES string of the molecule is Fc1cccc(COc2ccc(Nc3ncnc4cc(F)c(Cl)cc34)cc2Br)c1. The van der Waals surface area contributed by atoms with Crippen molar-refractivity contribution >= 4 is 49.9 Å². The van der Waals surface area contributed by atoms with Gasteiger partial charge in [-0.05, 0) is 57.9 Å². The van der Waals surface area contributed by atoms with E-state index in [1.165, 1.54) is 30.6 Å². The van der Waals surface area contributed by atoms with Crippen molar-refractivity contribution in [1.82, 2.24) is 9.97 Å². The van der Waals surface area contributed by atoms with E-state index in [0.717, 1.165) is 11.3 Å². The number of benzene rings is 3. The zero-order chi connectivity index (χ0) is 20.4. The van der Waals surface area contributed by atoms with Gasteiger partial charge < -0.3 is 10.1 Å². The third-order valence-electron chi connectivity index (χ3n) is 4.16. The lowest BCUT2D eigenvalue weighted by molar-refractivity contribution is 0.303. The molecule has 0 fully saturated rings. The molecule has 3 aromatic carbocycles. The fraction of sp³-hybridized carbons (Fsp3) is 0.0476. The van der Waals surface area contributed by atoms with E-state index >= 15 is 0 Å². The average molecular weight is 477 g/mol. The summed E-state index contributed by atoms with van der Waals surface area (Å²) in [7, 11) is 0. The van der Waals surface area contributed by atoms with Crippen molar-refractivity contribution in [3.63, 3.8) is 0 Å². The second-order valence-corrected chi connectivity index (χ2v) is 7.46. The molecule has 0 unspecified atom stereocenters. The highest BCUT2D eigenvalue weighted by atomic mass is 79.9. The van der Waals surface area contributed by atoms with Gasteiger partial charge in [0, 0.05) is 17.1 Å². The van der Waals surface area contributed by atoms with Crippen LogP contribution in [-0.2, 0) is 6.61 Å². The third-order valence-corrected chi connectivity index (χ3v) is 5.06. The summed E-state index contributed by atoms with van der Waals surface area (Å²) in [6.45, 7) is 0.240. The Balaban J connectivity index is 1.54. The highest BCUT2D eigenvalue weighted by Crippen LogP contribution is 2.32. The van der Waals surface area contributed by atoms with Crippen molar-refractivity contribution in [3.8, 4) is 5.75 Å². The van der Waals surface area contributed by atoms with Gasteiger partial charge in [0.05, 0.1) is 15.0 Å². The van der Waals surface area contributed by atoms with Crippen LogP contribution in [0.2, 0.25) is 5.02 Å². The number of ether oxygens (including phenoxy) is 1. The van der Waals surface area contributed by atoms with E-state index in [4.69, 9.17) is 16.3 Å². The largest absolute Gasteiger partial charge is 0.488 e. The van der Waals surface area contributed by atoms with E-state index in [9.17, 15) is 8.78 Å². The molecular formula is C21H13BrClF2N3O. The molecule has 0 saturated carbocycles. The standard InChI is InChI=1S/C21H13BrClF2N3O/c22-16-7-14(4-5-20(16)29-10-12-2-1-3-13(24)6-12)28-21-15-8-17(23)18(25)9-19(15)26-11-27-21/h1-9,11H,10H2,(H,26,27,28). The zero-order valence-electron chi connectivity index (χ0n) is 14.8. The fourth-order valence-electron chi connectivity index (χ4n) is 2.77. The van der Waals surface area contributed by atoms with Gasteiger partial charge in [0.15, 0.2) is 0 Å². The lowest BCUT2D eigenvalue weighted by Gasteiger charge is -2.12. The van der Waals surface area contributed by atoms with Gasteiger partial charge in [0.2, 0.25) is 0 Å². The lowest BCUT2D eigenvalue weighted by Crippen LogP contribution is -1.99. The zero-order valence-corrected chi connectivity index (χ0v) is 17.1. The van der Waals surface area contributed by atoms with Crippen LogP contribution in [0, 0.1) is 11.6 Å². The third kappa shape index (κ3) is 4.46. The fourth-order valence-corrected chi connectivity index (χ4v) is 3.43. The topological polar surface area (TPSA) is 47.0 Å². The maximum absolute atomic E-state index is 13.7. The van der Waals surface area contributed by atoms with Crippen molar-refractivity contribution in [3.05, 3.63) is 87.6 Å².